The molecule has 2 heterocycles. The Hall–Kier alpha value is -4.79. The molecule has 9 nitrogen and oxygen atoms in total. The van der Waals surface area contributed by atoms with E-state index in [1.807, 2.05) is 30.3 Å². The highest BCUT2D eigenvalue weighted by Crippen LogP contribution is 2.35. The lowest BCUT2D eigenvalue weighted by Gasteiger charge is -2.14. The fourth-order valence-electron chi connectivity index (χ4n) is 4.21. The Bertz CT molecular complexity index is 1580. The van der Waals surface area contributed by atoms with Gasteiger partial charge >= 0.3 is 12.1 Å². The molecule has 0 aliphatic carbocycles. The molecule has 3 aromatic carbocycles. The smallest absolute Gasteiger partial charge is 0.408 e. The average Bonchev–Trinajstić information content (AvgIpc) is 3.17. The van der Waals surface area contributed by atoms with Crippen LogP contribution in [-0.2, 0) is 16.1 Å². The first-order valence-electron chi connectivity index (χ1n) is 12.6. The third kappa shape index (κ3) is 5.87. The molecule has 4 aromatic rings. The third-order valence-electron chi connectivity index (χ3n) is 6.20. The van der Waals surface area contributed by atoms with E-state index in [1.54, 1.807) is 31.2 Å². The molecule has 5 rings (SSSR count). The SMILES string of the molecule is Cc1oc2cc(OC(=O)[C@@H](C)NC(=O)OCc3ccccc3)ccc2c(=O)c1-c1ccc2c(c1)OCCCO2. The highest BCUT2D eigenvalue weighted by molar-refractivity contribution is 5.86. The first-order chi connectivity index (χ1) is 18.9. The van der Waals surface area contributed by atoms with Crippen LogP contribution in [0.4, 0.5) is 4.79 Å². The van der Waals surface area contributed by atoms with Crippen LogP contribution in [0.15, 0.2) is 75.9 Å². The van der Waals surface area contributed by atoms with Gasteiger partial charge in [0.1, 0.15) is 29.7 Å². The van der Waals surface area contributed by atoms with Crippen LogP contribution in [-0.4, -0.2) is 31.3 Å². The Morgan fingerprint density at radius 1 is 0.974 bits per heavy atom. The first-order valence-corrected chi connectivity index (χ1v) is 12.6. The van der Waals surface area contributed by atoms with E-state index in [0.29, 0.717) is 47.0 Å². The topological polar surface area (TPSA) is 113 Å². The van der Waals surface area contributed by atoms with Crippen molar-refractivity contribution in [3.05, 3.63) is 88.3 Å². The number of amides is 1. The van der Waals surface area contributed by atoms with Crippen LogP contribution in [0.3, 0.4) is 0 Å². The van der Waals surface area contributed by atoms with Crippen molar-refractivity contribution in [1.29, 1.82) is 0 Å². The Morgan fingerprint density at radius 2 is 1.74 bits per heavy atom. The maximum absolute atomic E-state index is 13.4. The minimum atomic E-state index is -0.973. The number of alkyl carbamates (subject to hydrolysis) is 1. The number of hydrogen-bond donors (Lipinski definition) is 1. The molecular weight excluding hydrogens is 502 g/mol. The highest BCUT2D eigenvalue weighted by atomic mass is 16.6. The number of rotatable bonds is 6. The van der Waals surface area contributed by atoms with Crippen LogP contribution < -0.4 is 25.0 Å². The van der Waals surface area contributed by atoms with Crippen LogP contribution in [0.1, 0.15) is 24.7 Å². The fourth-order valence-corrected chi connectivity index (χ4v) is 4.21. The van der Waals surface area contributed by atoms with Crippen molar-refractivity contribution in [3.63, 3.8) is 0 Å². The van der Waals surface area contributed by atoms with E-state index in [-0.39, 0.29) is 23.4 Å². The van der Waals surface area contributed by atoms with E-state index in [4.69, 9.17) is 23.4 Å². The summed E-state index contributed by atoms with van der Waals surface area (Å²) < 4.78 is 28.0. The van der Waals surface area contributed by atoms with Gasteiger partial charge in [0.25, 0.3) is 0 Å². The van der Waals surface area contributed by atoms with Gasteiger partial charge in [-0.25, -0.2) is 9.59 Å². The summed E-state index contributed by atoms with van der Waals surface area (Å²) in [7, 11) is 0. The lowest BCUT2D eigenvalue weighted by atomic mass is 10.0. The van der Waals surface area contributed by atoms with E-state index in [0.717, 1.165) is 12.0 Å². The molecule has 0 fully saturated rings. The van der Waals surface area contributed by atoms with E-state index in [1.165, 1.54) is 19.1 Å². The molecule has 200 valence electrons. The number of carbonyl (C=O) groups is 2. The van der Waals surface area contributed by atoms with E-state index < -0.39 is 18.1 Å². The van der Waals surface area contributed by atoms with E-state index in [9.17, 15) is 14.4 Å². The summed E-state index contributed by atoms with van der Waals surface area (Å²) in [5.41, 5.74) is 1.93. The summed E-state index contributed by atoms with van der Waals surface area (Å²) >= 11 is 0. The molecule has 1 atom stereocenters. The normalized spacial score (nSPS) is 13.3. The van der Waals surface area contributed by atoms with Gasteiger partial charge in [-0.05, 0) is 49.2 Å². The second-order valence-corrected chi connectivity index (χ2v) is 9.08. The summed E-state index contributed by atoms with van der Waals surface area (Å²) in [4.78, 5) is 38.1. The van der Waals surface area contributed by atoms with Gasteiger partial charge in [0.05, 0.1) is 24.2 Å². The van der Waals surface area contributed by atoms with Gasteiger partial charge in [-0.3, -0.25) is 4.79 Å². The molecule has 1 aromatic heterocycles. The number of nitrogens with one attached hydrogen (secondary N) is 1. The average molecular weight is 530 g/mol. The third-order valence-corrected chi connectivity index (χ3v) is 6.20. The molecule has 1 N–H and O–H groups in total. The lowest BCUT2D eigenvalue weighted by molar-refractivity contribution is -0.136. The quantitative estimate of drug-likeness (QED) is 0.270. The maximum Gasteiger partial charge on any atom is 0.408 e. The summed E-state index contributed by atoms with van der Waals surface area (Å²) in [6.07, 6.45) is 0.0343. The van der Waals surface area contributed by atoms with Crippen LogP contribution in [0, 0.1) is 6.92 Å². The monoisotopic (exact) mass is 529 g/mol. The van der Waals surface area contributed by atoms with Gasteiger partial charge in [0, 0.05) is 12.5 Å². The van der Waals surface area contributed by atoms with Crippen molar-refractivity contribution in [2.75, 3.05) is 13.2 Å². The van der Waals surface area contributed by atoms with Gasteiger partial charge in [-0.1, -0.05) is 36.4 Å². The molecule has 1 aliphatic rings. The van der Waals surface area contributed by atoms with Gasteiger partial charge in [0.2, 0.25) is 5.43 Å². The van der Waals surface area contributed by atoms with Crippen LogP contribution in [0.5, 0.6) is 17.2 Å². The second-order valence-electron chi connectivity index (χ2n) is 9.08. The number of fused-ring (bicyclic) bond motifs is 2. The molecule has 0 spiro atoms. The molecular formula is C30H27NO8. The molecule has 0 saturated carbocycles. The fraction of sp³-hybridized carbons (Fsp3) is 0.233. The molecule has 1 aliphatic heterocycles. The first kappa shape index (κ1) is 25.8. The van der Waals surface area contributed by atoms with Gasteiger partial charge in [-0.15, -0.1) is 0 Å². The van der Waals surface area contributed by atoms with Crippen molar-refractivity contribution in [3.8, 4) is 28.4 Å². The number of aryl methyl sites for hydroxylation is 1. The summed E-state index contributed by atoms with van der Waals surface area (Å²) in [5, 5.41) is 2.78. The predicted octanol–water partition coefficient (Wildman–Crippen LogP) is 5.15. The summed E-state index contributed by atoms with van der Waals surface area (Å²) in [5.74, 6) is 1.09. The van der Waals surface area contributed by atoms with Gasteiger partial charge in [0.15, 0.2) is 11.5 Å². The number of esters is 1. The summed E-state index contributed by atoms with van der Waals surface area (Å²) in [6.45, 7) is 4.37. The van der Waals surface area contributed by atoms with Crippen molar-refractivity contribution in [2.45, 2.75) is 32.9 Å². The predicted molar refractivity (Wildman–Crippen MR) is 143 cm³/mol. The minimum Gasteiger partial charge on any atom is -0.490 e. The van der Waals surface area contributed by atoms with E-state index >= 15 is 0 Å². The Labute approximate surface area is 224 Å². The van der Waals surface area contributed by atoms with Crippen molar-refractivity contribution in [1.82, 2.24) is 5.32 Å². The molecule has 0 radical (unpaired) electrons. The van der Waals surface area contributed by atoms with Crippen molar-refractivity contribution >= 4 is 23.0 Å². The standard InChI is InChI=1S/C30H27NO8/c1-18(31-30(34)37-17-20-7-4-3-5-8-20)29(33)39-22-10-11-23-25(16-22)38-19(2)27(28(23)32)21-9-12-24-26(15-21)36-14-6-13-35-24/h3-5,7-12,15-16,18H,6,13-14,17H2,1-2H3,(H,31,34)/t18-/m1/s1. The van der Waals surface area contributed by atoms with Gasteiger partial charge < -0.3 is 28.7 Å². The van der Waals surface area contributed by atoms with Crippen molar-refractivity contribution in [2.24, 2.45) is 0 Å². The number of ether oxygens (including phenoxy) is 4. The van der Waals surface area contributed by atoms with Crippen LogP contribution in [0.2, 0.25) is 0 Å². The molecule has 0 bridgehead atoms. The molecule has 39 heavy (non-hydrogen) atoms. The molecule has 9 heteroatoms. The molecule has 0 unspecified atom stereocenters. The maximum atomic E-state index is 13.4. The Kier molecular flexibility index (Phi) is 7.49. The van der Waals surface area contributed by atoms with Crippen LogP contribution in [0.25, 0.3) is 22.1 Å². The second kappa shape index (κ2) is 11.3. The zero-order valence-corrected chi connectivity index (χ0v) is 21.5. The molecule has 1 amide bonds. The largest absolute Gasteiger partial charge is 0.490 e. The van der Waals surface area contributed by atoms with E-state index in [2.05, 4.69) is 5.32 Å². The summed E-state index contributed by atoms with van der Waals surface area (Å²) in [6, 6.07) is 18.1. The zero-order chi connectivity index (χ0) is 27.4. The number of hydrogen-bond acceptors (Lipinski definition) is 8. The Morgan fingerprint density at radius 3 is 2.54 bits per heavy atom. The highest BCUT2D eigenvalue weighted by Gasteiger charge is 2.21. The molecule has 0 saturated heterocycles. The van der Waals surface area contributed by atoms with Gasteiger partial charge in [-0.2, -0.15) is 0 Å². The number of carbonyl (C=O) groups excluding carboxylic acids is 2. The Balaban J connectivity index is 1.29. The zero-order valence-electron chi connectivity index (χ0n) is 21.5. The van der Waals surface area contributed by atoms with Crippen molar-refractivity contribution < 1.29 is 33.0 Å². The minimum absolute atomic E-state index is 0.0751. The number of benzene rings is 3. The lowest BCUT2D eigenvalue weighted by Crippen LogP contribution is -2.41. The van der Waals surface area contributed by atoms with Crippen LogP contribution >= 0.6 is 0 Å².